The van der Waals surface area contributed by atoms with Gasteiger partial charge in [0, 0.05) is 11.6 Å². The van der Waals surface area contributed by atoms with Gasteiger partial charge in [-0.1, -0.05) is 24.0 Å². The first-order valence-electron chi connectivity index (χ1n) is 13.6. The first kappa shape index (κ1) is 31.0. The van der Waals surface area contributed by atoms with Crippen LogP contribution >= 0.6 is 0 Å². The van der Waals surface area contributed by atoms with Crippen molar-refractivity contribution in [1.82, 2.24) is 39.1 Å². The van der Waals surface area contributed by atoms with Crippen molar-refractivity contribution in [2.45, 2.75) is 0 Å². The molecule has 4 aromatic rings. The average Bonchev–Trinajstić information content (AvgIpc) is 3.84. The van der Waals surface area contributed by atoms with Crippen LogP contribution in [-0.2, 0) is 42.1 Å². The fraction of sp³-hybridized carbons (Fsp3) is 0.129. The van der Waals surface area contributed by atoms with E-state index in [1.807, 2.05) is 156 Å². The second-order valence-electron chi connectivity index (χ2n) is 10.6. The summed E-state index contributed by atoms with van der Waals surface area (Å²) in [6.07, 6.45) is 19.4. The van der Waals surface area contributed by atoms with E-state index in [4.69, 9.17) is 15.0 Å². The van der Waals surface area contributed by atoms with Crippen LogP contribution in [0.25, 0.3) is 27.5 Å². The van der Waals surface area contributed by atoms with E-state index in [0.29, 0.717) is 29.0 Å². The van der Waals surface area contributed by atoms with Gasteiger partial charge in [0.05, 0.1) is 0 Å². The molecule has 8 rings (SSSR count). The molecule has 0 saturated carbocycles. The van der Waals surface area contributed by atoms with Crippen LogP contribution in [-0.4, -0.2) is 67.3 Å². The van der Waals surface area contributed by atoms with E-state index in [1.165, 1.54) is 0 Å². The van der Waals surface area contributed by atoms with Gasteiger partial charge in [0.2, 0.25) is 0 Å². The number of hydrogen-bond donors (Lipinski definition) is 0. The maximum atomic E-state index is 4.92. The Morgan fingerprint density at radius 2 is 0.844 bits per heavy atom. The molecule has 0 aliphatic carbocycles. The molecule has 4 aliphatic heterocycles. The molecule has 4 aromatic heterocycles. The van der Waals surface area contributed by atoms with E-state index in [9.17, 15) is 0 Å². The summed E-state index contributed by atoms with van der Waals surface area (Å²) in [5.41, 5.74) is 2.26. The van der Waals surface area contributed by atoms with Crippen molar-refractivity contribution >= 4 is 45.1 Å². The smallest absolute Gasteiger partial charge is 0.510 e. The minimum Gasteiger partial charge on any atom is -0.510 e. The number of pyridine rings is 3. The topological polar surface area (TPSA) is 69.5 Å². The molecule has 4 aliphatic rings. The Morgan fingerprint density at radius 1 is 0.489 bits per heavy atom. The average molecular weight is 957 g/mol. The van der Waals surface area contributed by atoms with Crippen LogP contribution in [0.3, 0.4) is 0 Å². The van der Waals surface area contributed by atoms with Gasteiger partial charge in [-0.15, -0.1) is 11.0 Å². The third-order valence-corrected chi connectivity index (χ3v) is 7.29. The number of fused-ring (bicyclic) bond motifs is 3. The maximum absolute atomic E-state index is 4.92. The van der Waals surface area contributed by atoms with Crippen molar-refractivity contribution in [2.75, 3.05) is 47.8 Å². The molecule has 230 valence electrons. The zero-order valence-electron chi connectivity index (χ0n) is 24.6. The van der Waals surface area contributed by atoms with Gasteiger partial charge >= 0.3 is 42.1 Å². The van der Waals surface area contributed by atoms with Gasteiger partial charge in [0.25, 0.3) is 0 Å². The van der Waals surface area contributed by atoms with Crippen LogP contribution < -0.4 is 19.6 Å². The third kappa shape index (κ3) is 5.55. The van der Waals surface area contributed by atoms with E-state index in [0.717, 1.165) is 21.8 Å². The molecule has 0 amide bonds. The fourth-order valence-corrected chi connectivity index (χ4v) is 5.19. The Bertz CT molecular complexity index is 1740. The van der Waals surface area contributed by atoms with Crippen LogP contribution in [0.2, 0.25) is 0 Å². The predicted molar refractivity (Wildman–Crippen MR) is 164 cm³/mol. The van der Waals surface area contributed by atoms with Crippen molar-refractivity contribution in [3.05, 3.63) is 113 Å². The van der Waals surface area contributed by atoms with Gasteiger partial charge in [-0.05, 0) is 77.8 Å². The normalized spacial score (nSPS) is 17.2. The summed E-state index contributed by atoms with van der Waals surface area (Å²) in [4.78, 5) is 30.0. The SMILES string of the molecule is CN1C=CN(c2[c-]c3c(cn2)c2cnc(N4C=CN(C)[CH-]4)[c-]c2n3-c2[c-]c(N3C=CN(C)[CH-]3)nc(N3C=CN(C)[CH-]3)[c-]2)[CH-]1.[Pt+4].[Pt+4]. The number of hydrogen-bond acceptors (Lipinski definition) is 11. The van der Waals surface area contributed by atoms with Crippen molar-refractivity contribution in [2.24, 2.45) is 0 Å². The Morgan fingerprint density at radius 3 is 1.18 bits per heavy atom. The first-order chi connectivity index (χ1) is 20.9. The molecule has 0 N–H and O–H groups in total. The van der Waals surface area contributed by atoms with Crippen LogP contribution in [0.15, 0.2) is 62.0 Å². The van der Waals surface area contributed by atoms with Crippen LogP contribution in [0.4, 0.5) is 23.3 Å². The van der Waals surface area contributed by atoms with Crippen LogP contribution in [0.5, 0.6) is 0 Å². The molecule has 0 spiro atoms. The van der Waals surface area contributed by atoms with Crippen LogP contribution in [0.1, 0.15) is 0 Å². The monoisotopic (exact) mass is 956 g/mol. The summed E-state index contributed by atoms with van der Waals surface area (Å²) in [6.45, 7) is 7.81. The van der Waals surface area contributed by atoms with Gasteiger partial charge in [-0.2, -0.15) is 38.8 Å². The summed E-state index contributed by atoms with van der Waals surface area (Å²) in [6, 6.07) is 14.2. The van der Waals surface area contributed by atoms with Gasteiger partial charge in [0.1, 0.15) is 0 Å². The van der Waals surface area contributed by atoms with E-state index < -0.39 is 0 Å². The number of nitrogens with zero attached hydrogens (tertiary/aromatic N) is 12. The second-order valence-corrected chi connectivity index (χ2v) is 10.6. The molecule has 0 bridgehead atoms. The first-order valence-corrected chi connectivity index (χ1v) is 13.6. The van der Waals surface area contributed by atoms with Gasteiger partial charge in [-0.25, -0.2) is 10.8 Å². The summed E-state index contributed by atoms with van der Waals surface area (Å²) in [5.74, 6) is 2.56. The van der Waals surface area contributed by atoms with Crippen LogP contribution in [0, 0.1) is 50.9 Å². The van der Waals surface area contributed by atoms with E-state index in [2.05, 4.69) is 28.8 Å². The van der Waals surface area contributed by atoms with Gasteiger partial charge in [0.15, 0.2) is 0 Å². The minimum absolute atomic E-state index is 0. The predicted octanol–water partition coefficient (Wildman–Crippen LogP) is 3.53. The molecule has 0 atom stereocenters. The maximum Gasteiger partial charge on any atom is 4.00 e. The van der Waals surface area contributed by atoms with E-state index in [1.54, 1.807) is 0 Å². The zero-order chi connectivity index (χ0) is 29.2. The zero-order valence-corrected chi connectivity index (χ0v) is 29.1. The molecule has 14 heteroatoms. The van der Waals surface area contributed by atoms with Gasteiger partial charge < -0.3 is 61.6 Å². The number of rotatable bonds is 5. The Hall–Kier alpha value is -4.01. The molecule has 0 unspecified atom stereocenters. The Balaban J connectivity index is 0.00000179. The Kier molecular flexibility index (Phi) is 8.31. The molecule has 0 aromatic carbocycles. The molecule has 12 nitrogen and oxygen atoms in total. The summed E-state index contributed by atoms with van der Waals surface area (Å²) >= 11 is 0. The van der Waals surface area contributed by atoms with E-state index in [-0.39, 0.29) is 42.1 Å². The standard InChI is InChI=1S/C31H26N12.2Pt/c1-35-5-9-39(19-35)28-15-26-24(17-32-28)25-18-33-29(40-10-6-36(2)20-40)16-27(25)43(26)23-13-30(41-11-7-37(3)21-41)34-31(14-23)42-12-8-38(4)22-42;;/h5-12,17-22H,1-4H3;;/q-8;2*+4. The van der Waals surface area contributed by atoms with Crippen molar-refractivity contribution in [3.63, 3.8) is 0 Å². The van der Waals surface area contributed by atoms with Gasteiger partial charge in [-0.3, -0.25) is 15.0 Å². The quantitative estimate of drug-likeness (QED) is 0.277. The molecular formula is C31H26N12Pt2. The molecule has 8 heterocycles. The number of aromatic nitrogens is 4. The molecular weight excluding hydrogens is 931 g/mol. The molecule has 45 heavy (non-hydrogen) atoms. The third-order valence-electron chi connectivity index (χ3n) is 7.29. The van der Waals surface area contributed by atoms with Crippen molar-refractivity contribution in [3.8, 4) is 5.69 Å². The van der Waals surface area contributed by atoms with Crippen molar-refractivity contribution in [1.29, 1.82) is 0 Å². The Labute approximate surface area is 291 Å². The summed E-state index contributed by atoms with van der Waals surface area (Å²) < 4.78 is 2.07. The largest absolute Gasteiger partial charge is 4.00 e. The minimum atomic E-state index is 0. The second kappa shape index (κ2) is 12.1. The summed E-state index contributed by atoms with van der Waals surface area (Å²) in [5, 5.41) is 1.79. The number of anilines is 4. The van der Waals surface area contributed by atoms with Crippen molar-refractivity contribution < 1.29 is 42.1 Å². The fourth-order valence-electron chi connectivity index (χ4n) is 5.19. The molecule has 0 fully saturated rings. The molecule has 0 radical (unpaired) electrons. The summed E-state index contributed by atoms with van der Waals surface area (Å²) in [7, 11) is 7.90. The van der Waals surface area contributed by atoms with E-state index >= 15 is 0 Å². The molecule has 0 saturated heterocycles.